The number of pyridine rings is 1. The second-order valence-corrected chi connectivity index (χ2v) is 12.4. The molecule has 0 radical (unpaired) electrons. The molecule has 10 nitrogen and oxygen atoms in total. The first-order valence-corrected chi connectivity index (χ1v) is 15.0. The number of carbonyl (C=O) groups is 2. The standard InChI is InChI=1S/C26H31FN4O6S2/c1-37-15-14-31(13-12-23(32)33)39(35,36)19-8-6-18(7-9-19)20(16-17-4-2-3-5-17)24(34)30-26-28-21-10-11-22(27)29-25(21)38-26/h6-11,17,20H,2-5,12-16H2,1H3,(H,32,33)(H,28,30,34)/t20-/m1/s1. The molecule has 0 spiro atoms. The number of halogens is 1. The summed E-state index contributed by atoms with van der Waals surface area (Å²) in [5.74, 6) is -2.17. The van der Waals surface area contributed by atoms with Crippen molar-refractivity contribution in [1.82, 2.24) is 14.3 Å². The SMILES string of the molecule is COCCN(CCC(=O)O)S(=O)(=O)c1ccc([C@@H](CC2CCCC2)C(=O)Nc2nc3ccc(F)nc3s2)cc1. The Balaban J connectivity index is 1.56. The number of rotatable bonds is 13. The van der Waals surface area contributed by atoms with Gasteiger partial charge in [0.2, 0.25) is 21.9 Å². The summed E-state index contributed by atoms with van der Waals surface area (Å²) in [5.41, 5.74) is 1.15. The van der Waals surface area contributed by atoms with E-state index in [0.29, 0.717) is 33.4 Å². The van der Waals surface area contributed by atoms with Crippen molar-refractivity contribution in [2.75, 3.05) is 32.1 Å². The number of fused-ring (bicyclic) bond motifs is 1. The fourth-order valence-corrected chi connectivity index (χ4v) is 7.06. The lowest BCUT2D eigenvalue weighted by Gasteiger charge is -2.23. The highest BCUT2D eigenvalue weighted by Gasteiger charge is 2.29. The monoisotopic (exact) mass is 578 g/mol. The topological polar surface area (TPSA) is 139 Å². The number of aliphatic carboxylic acids is 1. The highest BCUT2D eigenvalue weighted by Crippen LogP contribution is 2.36. The van der Waals surface area contributed by atoms with Crippen LogP contribution in [-0.2, 0) is 24.3 Å². The van der Waals surface area contributed by atoms with Crippen LogP contribution in [0.3, 0.4) is 0 Å². The van der Waals surface area contributed by atoms with E-state index in [9.17, 15) is 22.4 Å². The van der Waals surface area contributed by atoms with Crippen molar-refractivity contribution in [3.8, 4) is 0 Å². The molecular weight excluding hydrogens is 547 g/mol. The van der Waals surface area contributed by atoms with Gasteiger partial charge in [-0.2, -0.15) is 8.70 Å². The van der Waals surface area contributed by atoms with Gasteiger partial charge in [0.1, 0.15) is 10.3 Å². The summed E-state index contributed by atoms with van der Waals surface area (Å²) in [5, 5.41) is 12.2. The molecule has 4 rings (SSSR count). The lowest BCUT2D eigenvalue weighted by atomic mass is 9.87. The number of thiazole rings is 1. The van der Waals surface area contributed by atoms with Crippen molar-refractivity contribution < 1.29 is 32.2 Å². The van der Waals surface area contributed by atoms with Gasteiger partial charge in [-0.05, 0) is 42.2 Å². The number of carboxylic acids is 1. The molecule has 3 aromatic rings. The minimum absolute atomic E-state index is 0.00652. The number of hydrogen-bond acceptors (Lipinski definition) is 8. The Morgan fingerprint density at radius 2 is 1.87 bits per heavy atom. The molecule has 1 saturated carbocycles. The molecule has 1 aliphatic carbocycles. The Hall–Kier alpha value is -3.00. The van der Waals surface area contributed by atoms with Crippen LogP contribution in [0.5, 0.6) is 0 Å². The van der Waals surface area contributed by atoms with E-state index in [-0.39, 0.29) is 36.9 Å². The second kappa shape index (κ2) is 12.9. The van der Waals surface area contributed by atoms with Crippen molar-refractivity contribution in [1.29, 1.82) is 0 Å². The normalized spacial score (nSPS) is 15.2. The Morgan fingerprint density at radius 3 is 2.54 bits per heavy atom. The maximum atomic E-state index is 13.5. The molecule has 13 heteroatoms. The van der Waals surface area contributed by atoms with E-state index in [1.807, 2.05) is 0 Å². The Labute approximate surface area is 230 Å². The van der Waals surface area contributed by atoms with Crippen molar-refractivity contribution >= 4 is 48.7 Å². The lowest BCUT2D eigenvalue weighted by Crippen LogP contribution is -2.35. The molecule has 2 aromatic heterocycles. The van der Waals surface area contributed by atoms with Gasteiger partial charge >= 0.3 is 5.97 Å². The van der Waals surface area contributed by atoms with Crippen LogP contribution in [0, 0.1) is 11.9 Å². The van der Waals surface area contributed by atoms with Crippen molar-refractivity contribution in [3.63, 3.8) is 0 Å². The van der Waals surface area contributed by atoms with Crippen LogP contribution in [0.25, 0.3) is 10.3 Å². The van der Waals surface area contributed by atoms with Gasteiger partial charge in [-0.25, -0.2) is 18.4 Å². The van der Waals surface area contributed by atoms with Gasteiger partial charge in [-0.1, -0.05) is 49.2 Å². The summed E-state index contributed by atoms with van der Waals surface area (Å²) in [7, 11) is -2.54. The molecule has 1 fully saturated rings. The molecule has 1 aromatic carbocycles. The number of sulfonamides is 1. The summed E-state index contributed by atoms with van der Waals surface area (Å²) in [6.07, 6.45) is 4.54. The van der Waals surface area contributed by atoms with Gasteiger partial charge in [0.15, 0.2) is 5.13 Å². The summed E-state index contributed by atoms with van der Waals surface area (Å²) in [4.78, 5) is 33.1. The molecule has 1 amide bonds. The van der Waals surface area contributed by atoms with E-state index < -0.39 is 27.9 Å². The molecule has 210 valence electrons. The number of nitrogens with one attached hydrogen (secondary N) is 1. The molecule has 2 heterocycles. The average Bonchev–Trinajstić information content (AvgIpc) is 3.56. The Bertz CT molecular complexity index is 1410. The first kappa shape index (κ1) is 29.0. The smallest absolute Gasteiger partial charge is 0.304 e. The Morgan fingerprint density at radius 1 is 1.15 bits per heavy atom. The van der Waals surface area contributed by atoms with Gasteiger partial charge in [-0.15, -0.1) is 0 Å². The minimum Gasteiger partial charge on any atom is -0.481 e. The van der Waals surface area contributed by atoms with Crippen LogP contribution in [0.4, 0.5) is 9.52 Å². The number of hydrogen-bond donors (Lipinski definition) is 2. The average molecular weight is 579 g/mol. The number of carboxylic acid groups (broad SMARTS) is 1. The molecule has 1 aliphatic rings. The van der Waals surface area contributed by atoms with Gasteiger partial charge in [0.25, 0.3) is 0 Å². The van der Waals surface area contributed by atoms with Gasteiger partial charge < -0.3 is 15.2 Å². The van der Waals surface area contributed by atoms with Crippen LogP contribution in [0.15, 0.2) is 41.3 Å². The number of anilines is 1. The number of ether oxygens (including phenoxy) is 1. The number of aromatic nitrogens is 2. The third kappa shape index (κ3) is 7.35. The minimum atomic E-state index is -3.98. The van der Waals surface area contributed by atoms with Gasteiger partial charge in [0, 0.05) is 20.2 Å². The van der Waals surface area contributed by atoms with E-state index in [2.05, 4.69) is 15.3 Å². The number of carbonyl (C=O) groups excluding carboxylic acids is 1. The van der Waals surface area contributed by atoms with Crippen LogP contribution < -0.4 is 5.32 Å². The quantitative estimate of drug-likeness (QED) is 0.287. The molecule has 39 heavy (non-hydrogen) atoms. The Kier molecular flexibility index (Phi) is 9.59. The first-order valence-electron chi connectivity index (χ1n) is 12.7. The summed E-state index contributed by atoms with van der Waals surface area (Å²) >= 11 is 1.09. The third-order valence-electron chi connectivity index (χ3n) is 6.85. The molecule has 1 atom stereocenters. The van der Waals surface area contributed by atoms with Gasteiger partial charge in [0.05, 0.1) is 23.8 Å². The maximum absolute atomic E-state index is 13.5. The molecule has 0 aliphatic heterocycles. The van der Waals surface area contributed by atoms with Crippen LogP contribution in [0.1, 0.15) is 50.0 Å². The van der Waals surface area contributed by atoms with E-state index in [1.54, 1.807) is 12.1 Å². The van der Waals surface area contributed by atoms with Crippen molar-refractivity contribution in [2.24, 2.45) is 5.92 Å². The molecule has 0 unspecified atom stereocenters. The summed E-state index contributed by atoms with van der Waals surface area (Å²) < 4.78 is 46.1. The predicted molar refractivity (Wildman–Crippen MR) is 145 cm³/mol. The van der Waals surface area contributed by atoms with Gasteiger partial charge in [-0.3, -0.25) is 9.59 Å². The van der Waals surface area contributed by atoms with E-state index in [0.717, 1.165) is 41.3 Å². The highest BCUT2D eigenvalue weighted by molar-refractivity contribution is 7.89. The highest BCUT2D eigenvalue weighted by atomic mass is 32.2. The molecular formula is C26H31FN4O6S2. The summed E-state index contributed by atoms with van der Waals surface area (Å²) in [6, 6.07) is 8.88. The number of benzene rings is 1. The van der Waals surface area contributed by atoms with Crippen molar-refractivity contribution in [3.05, 3.63) is 47.9 Å². The zero-order valence-corrected chi connectivity index (χ0v) is 23.1. The zero-order chi connectivity index (χ0) is 28.0. The molecule has 0 saturated heterocycles. The fraction of sp³-hybridized carbons (Fsp3) is 0.462. The molecule has 2 N–H and O–H groups in total. The predicted octanol–water partition coefficient (Wildman–Crippen LogP) is 4.24. The van der Waals surface area contributed by atoms with E-state index in [1.165, 1.54) is 31.4 Å². The zero-order valence-electron chi connectivity index (χ0n) is 21.5. The fourth-order valence-electron chi connectivity index (χ4n) is 4.80. The first-order chi connectivity index (χ1) is 18.7. The van der Waals surface area contributed by atoms with E-state index in [4.69, 9.17) is 9.84 Å². The van der Waals surface area contributed by atoms with Crippen LogP contribution >= 0.6 is 11.3 Å². The maximum Gasteiger partial charge on any atom is 0.304 e. The number of amides is 1. The largest absolute Gasteiger partial charge is 0.481 e. The number of methoxy groups -OCH3 is 1. The van der Waals surface area contributed by atoms with Crippen LogP contribution in [0.2, 0.25) is 0 Å². The second-order valence-electron chi connectivity index (χ2n) is 9.51. The summed E-state index contributed by atoms with van der Waals surface area (Å²) in [6.45, 7) is -0.0492. The van der Waals surface area contributed by atoms with Crippen molar-refractivity contribution in [2.45, 2.75) is 49.3 Å². The number of nitrogens with zero attached hydrogens (tertiary/aromatic N) is 3. The lowest BCUT2D eigenvalue weighted by molar-refractivity contribution is -0.137. The third-order valence-corrected chi connectivity index (χ3v) is 9.65. The van der Waals surface area contributed by atoms with E-state index >= 15 is 0 Å². The van der Waals surface area contributed by atoms with Crippen LogP contribution in [-0.4, -0.2) is 66.5 Å². The molecule has 0 bridgehead atoms.